The van der Waals surface area contributed by atoms with Crippen LogP contribution in [-0.2, 0) is 0 Å². The summed E-state index contributed by atoms with van der Waals surface area (Å²) >= 11 is 1.67. The van der Waals surface area contributed by atoms with Crippen LogP contribution in [-0.4, -0.2) is 35.3 Å². The maximum atomic E-state index is 12.2. The normalized spacial score (nSPS) is 11.2. The fraction of sp³-hybridized carbons (Fsp3) is 0.312. The van der Waals surface area contributed by atoms with Crippen LogP contribution in [0.3, 0.4) is 0 Å². The van der Waals surface area contributed by atoms with Crippen LogP contribution in [0.15, 0.2) is 45.8 Å². The summed E-state index contributed by atoms with van der Waals surface area (Å²) in [7, 11) is 4.14. The van der Waals surface area contributed by atoms with Gasteiger partial charge in [-0.2, -0.15) is 0 Å². The van der Waals surface area contributed by atoms with Gasteiger partial charge in [0.15, 0.2) is 5.58 Å². The largest absolute Gasteiger partial charge is 0.462 e. The lowest BCUT2D eigenvalue weighted by molar-refractivity contribution is 0.410. The highest BCUT2D eigenvalue weighted by molar-refractivity contribution is 7.98. The summed E-state index contributed by atoms with van der Waals surface area (Å²) in [6, 6.07) is 9.47. The molecule has 0 aliphatic rings. The van der Waals surface area contributed by atoms with Gasteiger partial charge in [-0.25, -0.2) is 0 Å². The van der Waals surface area contributed by atoms with Crippen molar-refractivity contribution in [2.45, 2.75) is 6.42 Å². The molecule has 0 amide bonds. The number of hydrogen-bond donors (Lipinski definition) is 0. The molecule has 0 aliphatic heterocycles. The second kappa shape index (κ2) is 7.22. The van der Waals surface area contributed by atoms with Gasteiger partial charge < -0.3 is 9.32 Å². The van der Waals surface area contributed by atoms with Crippen molar-refractivity contribution in [3.63, 3.8) is 0 Å². The third-order valence-corrected chi connectivity index (χ3v) is 4.50. The van der Waals surface area contributed by atoms with Crippen LogP contribution in [0, 0.1) is 0 Å². The number of fused-ring (bicyclic) bond motifs is 3. The first-order valence-corrected chi connectivity index (χ1v) is 7.91. The molecule has 2 aromatic heterocycles. The highest BCUT2D eigenvalue weighted by Gasteiger charge is 2.14. The Hall–Kier alpha value is -1.43. The molecule has 22 heavy (non-hydrogen) atoms. The van der Waals surface area contributed by atoms with Gasteiger partial charge in [-0.3, -0.25) is 8.77 Å². The molecule has 1 aromatic carbocycles. The Labute approximate surface area is 139 Å². The van der Waals surface area contributed by atoms with Crippen molar-refractivity contribution in [3.05, 3.63) is 46.8 Å². The van der Waals surface area contributed by atoms with Crippen molar-refractivity contribution in [3.8, 4) is 0 Å². The van der Waals surface area contributed by atoms with E-state index >= 15 is 0 Å². The lowest BCUT2D eigenvalue weighted by Crippen LogP contribution is -2.13. The van der Waals surface area contributed by atoms with Gasteiger partial charge in [0.2, 0.25) is 5.43 Å². The number of hydrogen-bond acceptors (Lipinski definition) is 4. The minimum Gasteiger partial charge on any atom is -0.462 e. The van der Waals surface area contributed by atoms with Crippen LogP contribution in [0.2, 0.25) is 0 Å². The summed E-state index contributed by atoms with van der Waals surface area (Å²) in [6.07, 6.45) is 2.54. The first kappa shape index (κ1) is 16.9. The maximum absolute atomic E-state index is 12.2. The fourth-order valence-electron chi connectivity index (χ4n) is 2.43. The average molecular weight is 339 g/mol. The van der Waals surface area contributed by atoms with E-state index in [0.29, 0.717) is 11.1 Å². The highest BCUT2D eigenvalue weighted by atomic mass is 35.5. The van der Waals surface area contributed by atoms with Gasteiger partial charge in [0.1, 0.15) is 5.52 Å². The number of aromatic nitrogens is 1. The molecule has 0 saturated heterocycles. The van der Waals surface area contributed by atoms with E-state index in [9.17, 15) is 4.79 Å². The lowest BCUT2D eigenvalue weighted by atomic mass is 10.2. The Bertz CT molecular complexity index is 826. The summed E-state index contributed by atoms with van der Waals surface area (Å²) in [5, 5.41) is 0.991. The summed E-state index contributed by atoms with van der Waals surface area (Å²) < 4.78 is 7.61. The molecule has 0 saturated carbocycles. The van der Waals surface area contributed by atoms with Crippen molar-refractivity contribution in [1.29, 1.82) is 0 Å². The summed E-state index contributed by atoms with van der Waals surface area (Å²) in [4.78, 5) is 14.4. The molecule has 3 aromatic rings. The molecule has 0 aliphatic carbocycles. The molecule has 0 radical (unpaired) electrons. The van der Waals surface area contributed by atoms with E-state index in [4.69, 9.17) is 4.42 Å². The van der Waals surface area contributed by atoms with Gasteiger partial charge in [-0.1, -0.05) is 12.1 Å². The standard InChI is InChI=1S/C16H18N2O2S.ClH/c1-17(2)9-5-11-21-18-13-7-4-3-6-12(13)16-15(18)14(19)8-10-20-16;/h3-4,6-8,10H,5,9,11H2,1-2H3;1H. The third-order valence-electron chi connectivity index (χ3n) is 3.39. The highest BCUT2D eigenvalue weighted by Crippen LogP contribution is 2.30. The van der Waals surface area contributed by atoms with Crippen molar-refractivity contribution < 1.29 is 4.42 Å². The van der Waals surface area contributed by atoms with Crippen LogP contribution in [0.25, 0.3) is 22.0 Å². The Balaban J connectivity index is 0.00000176. The number of halogens is 1. The second-order valence-electron chi connectivity index (χ2n) is 5.26. The zero-order chi connectivity index (χ0) is 14.8. The Kier molecular flexibility index (Phi) is 5.56. The molecule has 0 spiro atoms. The van der Waals surface area contributed by atoms with Crippen molar-refractivity contribution in [2.75, 3.05) is 26.4 Å². The Morgan fingerprint density at radius 3 is 2.77 bits per heavy atom. The second-order valence-corrected chi connectivity index (χ2v) is 6.30. The van der Waals surface area contributed by atoms with Gasteiger partial charge in [-0.15, -0.1) is 12.4 Å². The number of benzene rings is 1. The van der Waals surface area contributed by atoms with E-state index in [2.05, 4.69) is 19.0 Å². The molecule has 3 rings (SSSR count). The average Bonchev–Trinajstić information content (AvgIpc) is 2.79. The molecule has 0 bridgehead atoms. The zero-order valence-electron chi connectivity index (χ0n) is 12.6. The number of nitrogens with zero attached hydrogens (tertiary/aromatic N) is 2. The van der Waals surface area contributed by atoms with Gasteiger partial charge >= 0.3 is 0 Å². The van der Waals surface area contributed by atoms with E-state index in [1.165, 1.54) is 12.3 Å². The van der Waals surface area contributed by atoms with Crippen LogP contribution in [0.1, 0.15) is 6.42 Å². The summed E-state index contributed by atoms with van der Waals surface area (Å²) in [5.41, 5.74) is 2.37. The zero-order valence-corrected chi connectivity index (χ0v) is 14.2. The van der Waals surface area contributed by atoms with E-state index in [0.717, 1.165) is 29.6 Å². The van der Waals surface area contributed by atoms with E-state index < -0.39 is 0 Å². The van der Waals surface area contributed by atoms with Crippen LogP contribution in [0.5, 0.6) is 0 Å². The van der Waals surface area contributed by atoms with Crippen molar-refractivity contribution in [2.24, 2.45) is 0 Å². The molecular weight excluding hydrogens is 320 g/mol. The lowest BCUT2D eigenvalue weighted by Gasteiger charge is -2.09. The first-order chi connectivity index (χ1) is 10.2. The molecule has 0 atom stereocenters. The molecule has 0 N–H and O–H groups in total. The minimum absolute atomic E-state index is 0. The molecule has 2 heterocycles. The van der Waals surface area contributed by atoms with E-state index in [1.54, 1.807) is 11.9 Å². The molecule has 118 valence electrons. The molecule has 4 nitrogen and oxygen atoms in total. The maximum Gasteiger partial charge on any atom is 0.210 e. The first-order valence-electron chi connectivity index (χ1n) is 6.97. The SMILES string of the molecule is CN(C)CCCSn1c2ccccc2c2occc(=O)c21.Cl. The third kappa shape index (κ3) is 3.16. The predicted molar refractivity (Wildman–Crippen MR) is 96.3 cm³/mol. The van der Waals surface area contributed by atoms with Crippen molar-refractivity contribution in [1.82, 2.24) is 8.87 Å². The molecule has 0 fully saturated rings. The topological polar surface area (TPSA) is 38.4 Å². The Morgan fingerprint density at radius 1 is 1.23 bits per heavy atom. The summed E-state index contributed by atoms with van der Waals surface area (Å²) in [5.74, 6) is 0.959. The van der Waals surface area contributed by atoms with Crippen LogP contribution < -0.4 is 5.43 Å². The van der Waals surface area contributed by atoms with Crippen LogP contribution in [0.4, 0.5) is 0 Å². The quantitative estimate of drug-likeness (QED) is 0.666. The van der Waals surface area contributed by atoms with Gasteiger partial charge in [0.05, 0.1) is 11.8 Å². The van der Waals surface area contributed by atoms with E-state index in [1.807, 2.05) is 28.2 Å². The van der Waals surface area contributed by atoms with Crippen molar-refractivity contribution >= 4 is 46.4 Å². The number of para-hydroxylation sites is 1. The fourth-order valence-corrected chi connectivity index (χ4v) is 3.47. The smallest absolute Gasteiger partial charge is 0.210 e. The van der Waals surface area contributed by atoms with Gasteiger partial charge in [0.25, 0.3) is 0 Å². The molecule has 0 unspecified atom stereocenters. The van der Waals surface area contributed by atoms with E-state index in [-0.39, 0.29) is 17.8 Å². The Morgan fingerprint density at radius 2 is 2.00 bits per heavy atom. The predicted octanol–water partition coefficient (Wildman–Crippen LogP) is 3.62. The monoisotopic (exact) mass is 338 g/mol. The van der Waals surface area contributed by atoms with Gasteiger partial charge in [0, 0.05) is 17.2 Å². The molecular formula is C16H19ClN2O2S. The van der Waals surface area contributed by atoms with Crippen LogP contribution >= 0.6 is 24.4 Å². The number of rotatable bonds is 5. The minimum atomic E-state index is 0. The molecule has 6 heteroatoms. The van der Waals surface area contributed by atoms with Gasteiger partial charge in [-0.05, 0) is 51.1 Å². The summed E-state index contributed by atoms with van der Waals surface area (Å²) in [6.45, 7) is 1.04.